The minimum absolute atomic E-state index is 0.191. The van der Waals surface area contributed by atoms with Crippen LogP contribution >= 0.6 is 0 Å². The second-order valence-electron chi connectivity index (χ2n) is 12.7. The Bertz CT molecular complexity index is 760. The lowest BCUT2D eigenvalue weighted by Crippen LogP contribution is -2.25. The summed E-state index contributed by atoms with van der Waals surface area (Å²) in [5, 5.41) is 40.8. The van der Waals surface area contributed by atoms with E-state index in [0.717, 1.165) is 70.6 Å². The van der Waals surface area contributed by atoms with Gasteiger partial charge in [0.15, 0.2) is 0 Å². The van der Waals surface area contributed by atoms with Crippen LogP contribution in [0.3, 0.4) is 0 Å². The first-order valence-corrected chi connectivity index (χ1v) is 17.8. The molecule has 1 aliphatic heterocycles. The molecule has 0 aromatic heterocycles. The number of esters is 1. The number of allylic oxidation sites excluding steroid dienone is 4. The van der Waals surface area contributed by atoms with Crippen molar-refractivity contribution in [3.05, 3.63) is 36.0 Å². The molecular weight excluding hydrogens is 540 g/mol. The predicted octanol–water partition coefficient (Wildman–Crippen LogP) is 8.41. The summed E-state index contributed by atoms with van der Waals surface area (Å²) in [4.78, 5) is 11.6. The minimum Gasteiger partial charge on any atom is -0.455 e. The van der Waals surface area contributed by atoms with E-state index in [9.17, 15) is 25.2 Å². The van der Waals surface area contributed by atoms with Gasteiger partial charge >= 0.3 is 5.97 Å². The summed E-state index contributed by atoms with van der Waals surface area (Å²) >= 11 is 0. The highest BCUT2D eigenvalue weighted by Gasteiger charge is 2.24. The standard InChI is InChI=1S/C37H66O6/c1-3-4-5-6-7-8-9-13-16-22-27-35(40)36(41)28-23-17-14-11-10-12-15-19-24-33(38)25-20-18-21-26-34(39)30-32-29-31(2)43-37(32)42/h12,14-15,17,29,31,33-36,38-41H,3-11,13,16,18-28,30H2,1-2H3/b15-12+,17-14+. The van der Waals surface area contributed by atoms with Crippen LogP contribution in [-0.4, -0.2) is 56.9 Å². The van der Waals surface area contributed by atoms with Crippen LogP contribution in [0.4, 0.5) is 0 Å². The van der Waals surface area contributed by atoms with Crippen LogP contribution < -0.4 is 0 Å². The van der Waals surface area contributed by atoms with Crippen LogP contribution in [0.15, 0.2) is 36.0 Å². The molecule has 0 saturated heterocycles. The average molecular weight is 607 g/mol. The highest BCUT2D eigenvalue weighted by atomic mass is 16.5. The molecule has 6 nitrogen and oxygen atoms in total. The Morgan fingerprint density at radius 1 is 0.628 bits per heavy atom. The van der Waals surface area contributed by atoms with Gasteiger partial charge in [0.1, 0.15) is 6.10 Å². The van der Waals surface area contributed by atoms with E-state index >= 15 is 0 Å². The van der Waals surface area contributed by atoms with Crippen LogP contribution in [0.2, 0.25) is 0 Å². The largest absolute Gasteiger partial charge is 0.455 e. The van der Waals surface area contributed by atoms with Crippen molar-refractivity contribution in [2.75, 3.05) is 0 Å². The summed E-state index contributed by atoms with van der Waals surface area (Å²) < 4.78 is 5.06. The third kappa shape index (κ3) is 22.7. The maximum Gasteiger partial charge on any atom is 0.334 e. The zero-order valence-corrected chi connectivity index (χ0v) is 27.6. The molecule has 0 aliphatic carbocycles. The second kappa shape index (κ2) is 26.9. The third-order valence-corrected chi connectivity index (χ3v) is 8.45. The van der Waals surface area contributed by atoms with Crippen molar-refractivity contribution in [2.45, 2.75) is 192 Å². The zero-order valence-electron chi connectivity index (χ0n) is 27.6. The van der Waals surface area contributed by atoms with Crippen LogP contribution in [0, 0.1) is 0 Å². The van der Waals surface area contributed by atoms with E-state index < -0.39 is 18.3 Å². The Morgan fingerprint density at radius 2 is 1.09 bits per heavy atom. The first-order valence-electron chi connectivity index (χ1n) is 17.8. The molecule has 0 aromatic carbocycles. The summed E-state index contributed by atoms with van der Waals surface area (Å²) in [6.07, 6.45) is 31.1. The van der Waals surface area contributed by atoms with E-state index in [1.807, 2.05) is 6.92 Å². The first kappa shape index (κ1) is 39.6. The molecule has 5 atom stereocenters. The van der Waals surface area contributed by atoms with E-state index in [0.29, 0.717) is 31.3 Å². The third-order valence-electron chi connectivity index (χ3n) is 8.45. The molecule has 6 heteroatoms. The Kier molecular flexibility index (Phi) is 24.7. The van der Waals surface area contributed by atoms with E-state index in [4.69, 9.17) is 4.74 Å². The fraction of sp³-hybridized carbons (Fsp3) is 0.811. The van der Waals surface area contributed by atoms with E-state index in [-0.39, 0.29) is 18.2 Å². The summed E-state index contributed by atoms with van der Waals surface area (Å²) in [5.41, 5.74) is 0.584. The van der Waals surface area contributed by atoms with E-state index in [2.05, 4.69) is 31.2 Å². The maximum atomic E-state index is 11.6. The lowest BCUT2D eigenvalue weighted by molar-refractivity contribution is -0.139. The normalized spacial score (nSPS) is 18.3. The summed E-state index contributed by atoms with van der Waals surface area (Å²) in [7, 11) is 0. The van der Waals surface area contributed by atoms with Crippen LogP contribution in [-0.2, 0) is 9.53 Å². The van der Waals surface area contributed by atoms with Gasteiger partial charge in [0.25, 0.3) is 0 Å². The van der Waals surface area contributed by atoms with Gasteiger partial charge < -0.3 is 25.2 Å². The fourth-order valence-electron chi connectivity index (χ4n) is 5.66. The summed E-state index contributed by atoms with van der Waals surface area (Å²) in [6.45, 7) is 4.07. The van der Waals surface area contributed by atoms with E-state index in [1.165, 1.54) is 51.4 Å². The second-order valence-corrected chi connectivity index (χ2v) is 12.7. The van der Waals surface area contributed by atoms with Gasteiger partial charge in [-0.1, -0.05) is 115 Å². The van der Waals surface area contributed by atoms with Crippen molar-refractivity contribution in [1.29, 1.82) is 0 Å². The SMILES string of the molecule is CCCCCCCCCCCCC(O)C(O)CC/C=C/CC/C=C/CCC(O)CCCCCC(O)CC1=CC(C)OC1=O. The lowest BCUT2D eigenvalue weighted by Gasteiger charge is -2.17. The number of ether oxygens (including phenoxy) is 1. The van der Waals surface area contributed by atoms with Gasteiger partial charge in [0.05, 0.1) is 24.4 Å². The number of hydrogen-bond acceptors (Lipinski definition) is 6. The number of aliphatic hydroxyl groups is 4. The zero-order chi connectivity index (χ0) is 31.5. The van der Waals surface area contributed by atoms with Crippen molar-refractivity contribution < 1.29 is 30.0 Å². The lowest BCUT2D eigenvalue weighted by atomic mass is 10.0. The molecule has 1 heterocycles. The molecule has 0 bridgehead atoms. The fourth-order valence-corrected chi connectivity index (χ4v) is 5.66. The molecular formula is C37H66O6. The first-order chi connectivity index (χ1) is 20.8. The van der Waals surface area contributed by atoms with Crippen molar-refractivity contribution in [1.82, 2.24) is 0 Å². The van der Waals surface area contributed by atoms with Crippen molar-refractivity contribution in [3.8, 4) is 0 Å². The molecule has 0 spiro atoms. The number of cyclic esters (lactones) is 1. The number of aliphatic hydroxyl groups excluding tert-OH is 4. The highest BCUT2D eigenvalue weighted by molar-refractivity contribution is 5.90. The quantitative estimate of drug-likeness (QED) is 0.0387. The van der Waals surface area contributed by atoms with Crippen LogP contribution in [0.1, 0.15) is 162 Å². The molecule has 0 aromatic rings. The minimum atomic E-state index is -0.632. The summed E-state index contributed by atoms with van der Waals surface area (Å²) in [5.74, 6) is -0.308. The van der Waals surface area contributed by atoms with Crippen molar-refractivity contribution in [2.24, 2.45) is 0 Å². The van der Waals surface area contributed by atoms with Gasteiger partial charge in [-0.3, -0.25) is 0 Å². The summed E-state index contributed by atoms with van der Waals surface area (Å²) in [6, 6.07) is 0. The number of rotatable bonds is 29. The van der Waals surface area contributed by atoms with Crippen LogP contribution in [0.5, 0.6) is 0 Å². The van der Waals surface area contributed by atoms with Gasteiger partial charge in [0.2, 0.25) is 0 Å². The molecule has 1 aliphatic rings. The molecule has 0 radical (unpaired) electrons. The number of carbonyl (C=O) groups is 1. The van der Waals surface area contributed by atoms with Gasteiger partial charge in [-0.05, 0) is 70.8 Å². The topological polar surface area (TPSA) is 107 Å². The van der Waals surface area contributed by atoms with Gasteiger partial charge in [0, 0.05) is 12.0 Å². The highest BCUT2D eigenvalue weighted by Crippen LogP contribution is 2.21. The maximum absolute atomic E-state index is 11.6. The number of hydrogen-bond donors (Lipinski definition) is 4. The molecule has 250 valence electrons. The van der Waals surface area contributed by atoms with Gasteiger partial charge in [-0.2, -0.15) is 0 Å². The Hall–Kier alpha value is -1.47. The van der Waals surface area contributed by atoms with Gasteiger partial charge in [-0.15, -0.1) is 0 Å². The number of unbranched alkanes of at least 4 members (excludes halogenated alkanes) is 12. The monoisotopic (exact) mass is 606 g/mol. The predicted molar refractivity (Wildman–Crippen MR) is 178 cm³/mol. The molecule has 4 N–H and O–H groups in total. The molecule has 0 saturated carbocycles. The molecule has 1 rings (SSSR count). The van der Waals surface area contributed by atoms with E-state index in [1.54, 1.807) is 6.08 Å². The van der Waals surface area contributed by atoms with Crippen LogP contribution in [0.25, 0.3) is 0 Å². The number of carbonyl (C=O) groups excluding carboxylic acids is 1. The molecule has 0 amide bonds. The Balaban J connectivity index is 1.91. The average Bonchev–Trinajstić information content (AvgIpc) is 3.30. The van der Waals surface area contributed by atoms with Crippen molar-refractivity contribution in [3.63, 3.8) is 0 Å². The Morgan fingerprint density at radius 3 is 1.67 bits per heavy atom. The Labute approximate surface area is 263 Å². The van der Waals surface area contributed by atoms with Gasteiger partial charge in [-0.25, -0.2) is 4.79 Å². The molecule has 5 unspecified atom stereocenters. The molecule has 43 heavy (non-hydrogen) atoms. The smallest absolute Gasteiger partial charge is 0.334 e. The van der Waals surface area contributed by atoms with Crippen molar-refractivity contribution >= 4 is 5.97 Å². The molecule has 0 fully saturated rings.